The number of nitrogens with one attached hydrogen (secondary N) is 1. The molecule has 1 aliphatic heterocycles. The topological polar surface area (TPSA) is 19.0 Å². The van der Waals surface area contributed by atoms with Crippen molar-refractivity contribution in [1.29, 1.82) is 0 Å². The minimum Gasteiger partial charge on any atom is -0.357 e. The molecule has 0 amide bonds. The molecule has 4 aromatic rings. The van der Waals surface area contributed by atoms with Crippen LogP contribution in [0.2, 0.25) is 5.02 Å². The van der Waals surface area contributed by atoms with E-state index in [1.807, 2.05) is 17.8 Å². The monoisotopic (exact) mass is 376 g/mol. The molecule has 5 rings (SSSR count). The molecule has 0 bridgehead atoms. The lowest BCUT2D eigenvalue weighted by atomic mass is 10.0. The Bertz CT molecular complexity index is 1090. The zero-order valence-corrected chi connectivity index (χ0v) is 15.6. The Labute approximate surface area is 161 Å². The molecule has 0 spiro atoms. The predicted octanol–water partition coefficient (Wildman–Crippen LogP) is 6.56. The summed E-state index contributed by atoms with van der Waals surface area (Å²) in [5, 5.41) is 1.97. The summed E-state index contributed by atoms with van der Waals surface area (Å²) < 4.78 is 0. The number of rotatable bonds is 3. The van der Waals surface area contributed by atoms with Gasteiger partial charge in [-0.25, -0.2) is 0 Å². The van der Waals surface area contributed by atoms with Crippen LogP contribution in [0.4, 0.5) is 5.69 Å². The van der Waals surface area contributed by atoms with Gasteiger partial charge >= 0.3 is 0 Å². The van der Waals surface area contributed by atoms with Crippen LogP contribution in [0, 0.1) is 0 Å². The van der Waals surface area contributed by atoms with E-state index in [1.54, 1.807) is 0 Å². The largest absolute Gasteiger partial charge is 0.357 e. The van der Waals surface area contributed by atoms with Crippen LogP contribution in [0.5, 0.6) is 0 Å². The SMILES string of the molecule is Clc1ccc2[nH]c(-c3ccccc3)c(CN3CSc4ccccc43)c2c1. The molecule has 0 saturated carbocycles. The number of thioether (sulfide) groups is 1. The van der Waals surface area contributed by atoms with E-state index in [4.69, 9.17) is 11.6 Å². The van der Waals surface area contributed by atoms with Crippen LogP contribution in [0.25, 0.3) is 22.2 Å². The van der Waals surface area contributed by atoms with Gasteiger partial charge in [0.15, 0.2) is 0 Å². The maximum atomic E-state index is 6.31. The Morgan fingerprint density at radius 1 is 0.962 bits per heavy atom. The lowest BCUT2D eigenvalue weighted by molar-refractivity contribution is 0.915. The molecule has 0 saturated heterocycles. The Morgan fingerprint density at radius 2 is 1.77 bits per heavy atom. The number of aromatic nitrogens is 1. The van der Waals surface area contributed by atoms with Crippen molar-refractivity contribution in [3.8, 4) is 11.3 Å². The number of para-hydroxylation sites is 1. The number of H-pyrrole nitrogens is 1. The summed E-state index contributed by atoms with van der Waals surface area (Å²) in [7, 11) is 0. The summed E-state index contributed by atoms with van der Waals surface area (Å²) in [6.45, 7) is 0.856. The molecule has 1 aromatic heterocycles. The third-order valence-corrected chi connectivity index (χ3v) is 6.19. The molecule has 3 aromatic carbocycles. The fourth-order valence-electron chi connectivity index (χ4n) is 3.61. The van der Waals surface area contributed by atoms with Crippen LogP contribution in [0.1, 0.15) is 5.56 Å². The molecular formula is C22H17ClN2S. The molecule has 0 fully saturated rings. The number of benzene rings is 3. The van der Waals surface area contributed by atoms with Gasteiger partial charge in [0, 0.05) is 32.9 Å². The molecule has 0 unspecified atom stereocenters. The molecule has 0 radical (unpaired) electrons. The smallest absolute Gasteiger partial charge is 0.0690 e. The van der Waals surface area contributed by atoms with E-state index in [-0.39, 0.29) is 0 Å². The van der Waals surface area contributed by atoms with Crippen LogP contribution < -0.4 is 4.90 Å². The maximum Gasteiger partial charge on any atom is 0.0690 e. The number of nitrogens with zero attached hydrogens (tertiary/aromatic N) is 1. The summed E-state index contributed by atoms with van der Waals surface area (Å²) >= 11 is 8.21. The van der Waals surface area contributed by atoms with Crippen molar-refractivity contribution in [2.24, 2.45) is 0 Å². The van der Waals surface area contributed by atoms with Crippen molar-refractivity contribution in [3.05, 3.63) is 83.4 Å². The van der Waals surface area contributed by atoms with Crippen LogP contribution in [0.3, 0.4) is 0 Å². The first-order valence-electron chi connectivity index (χ1n) is 8.62. The van der Waals surface area contributed by atoms with Crippen LogP contribution >= 0.6 is 23.4 Å². The average molecular weight is 377 g/mol. The van der Waals surface area contributed by atoms with E-state index in [0.717, 1.165) is 23.0 Å². The van der Waals surface area contributed by atoms with Crippen molar-refractivity contribution < 1.29 is 0 Å². The van der Waals surface area contributed by atoms with Crippen molar-refractivity contribution in [2.45, 2.75) is 11.4 Å². The average Bonchev–Trinajstić information content (AvgIpc) is 3.25. The van der Waals surface area contributed by atoms with Crippen LogP contribution in [0.15, 0.2) is 77.7 Å². The Hall–Kier alpha value is -2.36. The van der Waals surface area contributed by atoms with Gasteiger partial charge in [-0.3, -0.25) is 0 Å². The zero-order valence-electron chi connectivity index (χ0n) is 14.1. The van der Waals surface area contributed by atoms with E-state index in [1.165, 1.54) is 32.8 Å². The molecular weight excluding hydrogens is 360 g/mol. The normalized spacial score (nSPS) is 13.3. The Morgan fingerprint density at radius 3 is 2.65 bits per heavy atom. The molecule has 4 heteroatoms. The highest BCUT2D eigenvalue weighted by atomic mass is 35.5. The molecule has 128 valence electrons. The lowest BCUT2D eigenvalue weighted by Crippen LogP contribution is -2.18. The standard InChI is InChI=1S/C22H17ClN2S/c23-16-10-11-19-17(12-16)18(22(24-19)15-6-2-1-3-7-15)13-25-14-26-21-9-5-4-8-20(21)25/h1-12,24H,13-14H2. The molecule has 1 aliphatic rings. The molecule has 1 N–H and O–H groups in total. The highest BCUT2D eigenvalue weighted by molar-refractivity contribution is 7.99. The highest BCUT2D eigenvalue weighted by Gasteiger charge is 2.22. The minimum atomic E-state index is 0.772. The second kappa shape index (κ2) is 6.42. The molecule has 26 heavy (non-hydrogen) atoms. The van der Waals surface area contributed by atoms with Gasteiger partial charge in [-0.05, 0) is 35.9 Å². The van der Waals surface area contributed by atoms with Crippen LogP contribution in [-0.4, -0.2) is 10.9 Å². The number of anilines is 1. The first-order valence-corrected chi connectivity index (χ1v) is 9.98. The quantitative estimate of drug-likeness (QED) is 0.436. The lowest BCUT2D eigenvalue weighted by Gasteiger charge is -2.19. The van der Waals surface area contributed by atoms with Crippen molar-refractivity contribution in [1.82, 2.24) is 4.98 Å². The van der Waals surface area contributed by atoms with Gasteiger partial charge < -0.3 is 9.88 Å². The van der Waals surface area contributed by atoms with Crippen molar-refractivity contribution >= 4 is 40.0 Å². The fourth-order valence-corrected chi connectivity index (χ4v) is 4.83. The summed E-state index contributed by atoms with van der Waals surface area (Å²) in [4.78, 5) is 7.41. The second-order valence-corrected chi connectivity index (χ2v) is 7.90. The third-order valence-electron chi connectivity index (χ3n) is 4.86. The molecule has 2 heterocycles. The van der Waals surface area contributed by atoms with Crippen LogP contribution in [-0.2, 0) is 6.54 Å². The second-order valence-electron chi connectivity index (χ2n) is 6.47. The van der Waals surface area contributed by atoms with Gasteiger partial charge in [-0.2, -0.15) is 0 Å². The summed E-state index contributed by atoms with van der Waals surface area (Å²) in [6, 6.07) is 25.2. The maximum absolute atomic E-state index is 6.31. The molecule has 2 nitrogen and oxygen atoms in total. The highest BCUT2D eigenvalue weighted by Crippen LogP contribution is 2.41. The van der Waals surface area contributed by atoms with Gasteiger partial charge in [0.1, 0.15) is 0 Å². The number of halogens is 1. The molecule has 0 atom stereocenters. The summed E-state index contributed by atoms with van der Waals surface area (Å²) in [5.74, 6) is 0.973. The van der Waals surface area contributed by atoms with E-state index >= 15 is 0 Å². The number of hydrogen-bond donors (Lipinski definition) is 1. The van der Waals surface area contributed by atoms with Crippen molar-refractivity contribution in [2.75, 3.05) is 10.8 Å². The number of fused-ring (bicyclic) bond motifs is 2. The van der Waals surface area contributed by atoms with E-state index in [0.29, 0.717) is 0 Å². The third kappa shape index (κ3) is 2.68. The van der Waals surface area contributed by atoms with E-state index < -0.39 is 0 Å². The molecule has 0 aliphatic carbocycles. The van der Waals surface area contributed by atoms with Gasteiger partial charge in [0.2, 0.25) is 0 Å². The minimum absolute atomic E-state index is 0.772. The Balaban J connectivity index is 1.65. The fraction of sp³-hybridized carbons (Fsp3) is 0.0909. The zero-order chi connectivity index (χ0) is 17.5. The first-order chi connectivity index (χ1) is 12.8. The summed E-state index contributed by atoms with van der Waals surface area (Å²) in [6.07, 6.45) is 0. The summed E-state index contributed by atoms with van der Waals surface area (Å²) in [5.41, 5.74) is 6.12. The van der Waals surface area contributed by atoms with E-state index in [2.05, 4.69) is 76.6 Å². The number of aromatic amines is 1. The predicted molar refractivity (Wildman–Crippen MR) is 112 cm³/mol. The van der Waals surface area contributed by atoms with Gasteiger partial charge in [-0.1, -0.05) is 54.1 Å². The van der Waals surface area contributed by atoms with Gasteiger partial charge in [0.05, 0.1) is 17.3 Å². The van der Waals surface area contributed by atoms with E-state index in [9.17, 15) is 0 Å². The first kappa shape index (κ1) is 15.9. The van der Waals surface area contributed by atoms with Gasteiger partial charge in [0.25, 0.3) is 0 Å². The Kier molecular flexibility index (Phi) is 3.92. The van der Waals surface area contributed by atoms with Crippen molar-refractivity contribution in [3.63, 3.8) is 0 Å². The van der Waals surface area contributed by atoms with Gasteiger partial charge in [-0.15, -0.1) is 11.8 Å². The number of hydrogen-bond acceptors (Lipinski definition) is 2.